The molecule has 5 rings (SSSR count). The fourth-order valence-electron chi connectivity index (χ4n) is 4.41. The quantitative estimate of drug-likeness (QED) is 0.309. The topological polar surface area (TPSA) is 128 Å². The Kier molecular flexibility index (Phi) is 6.53. The van der Waals surface area contributed by atoms with Crippen molar-refractivity contribution in [2.45, 2.75) is 19.6 Å². The number of fused-ring (bicyclic) bond motifs is 1. The third kappa shape index (κ3) is 4.60. The van der Waals surface area contributed by atoms with E-state index < -0.39 is 0 Å². The number of benzene rings is 2. The van der Waals surface area contributed by atoms with Crippen molar-refractivity contribution in [3.05, 3.63) is 101 Å². The Morgan fingerprint density at radius 3 is 2.65 bits per heavy atom. The van der Waals surface area contributed by atoms with Crippen molar-refractivity contribution >= 4 is 22.5 Å². The second-order valence-corrected chi connectivity index (χ2v) is 8.53. The molecule has 0 saturated carbocycles. The van der Waals surface area contributed by atoms with Gasteiger partial charge in [0.15, 0.2) is 0 Å². The van der Waals surface area contributed by atoms with Crippen LogP contribution in [0, 0.1) is 0 Å². The Balaban J connectivity index is 1.74. The van der Waals surface area contributed by atoms with Crippen molar-refractivity contribution in [3.8, 4) is 22.7 Å². The van der Waals surface area contributed by atoms with Crippen molar-refractivity contribution in [1.82, 2.24) is 19.5 Å². The molecule has 37 heavy (non-hydrogen) atoms. The third-order valence-electron chi connectivity index (χ3n) is 6.20. The first kappa shape index (κ1) is 24.0. The van der Waals surface area contributed by atoms with Gasteiger partial charge in [0.1, 0.15) is 5.82 Å². The summed E-state index contributed by atoms with van der Waals surface area (Å²) in [6, 6.07) is 20.5. The van der Waals surface area contributed by atoms with E-state index >= 15 is 0 Å². The molecule has 0 aliphatic heterocycles. The molecule has 4 N–H and O–H groups in total. The van der Waals surface area contributed by atoms with Gasteiger partial charge < -0.3 is 20.9 Å². The molecule has 0 saturated heterocycles. The minimum atomic E-state index is -0.374. The van der Waals surface area contributed by atoms with E-state index in [0.717, 1.165) is 22.2 Å². The molecule has 0 radical (unpaired) electrons. The molecular formula is C28H26N6O3. The lowest BCUT2D eigenvalue weighted by atomic mass is 9.98. The van der Waals surface area contributed by atoms with Gasteiger partial charge in [0, 0.05) is 35.4 Å². The maximum atomic E-state index is 14.2. The maximum Gasteiger partial charge on any atom is 0.263 e. The van der Waals surface area contributed by atoms with Gasteiger partial charge in [0.05, 0.1) is 25.1 Å². The fourth-order valence-corrected chi connectivity index (χ4v) is 4.41. The van der Waals surface area contributed by atoms with Crippen LogP contribution in [0.1, 0.15) is 24.2 Å². The van der Waals surface area contributed by atoms with E-state index in [9.17, 15) is 9.90 Å². The normalized spacial score (nSPS) is 11.9. The summed E-state index contributed by atoms with van der Waals surface area (Å²) in [5, 5.41) is 14.4. The number of aromatic nitrogens is 4. The minimum absolute atomic E-state index is 0.0864. The zero-order chi connectivity index (χ0) is 25.9. The first-order valence-corrected chi connectivity index (χ1v) is 11.7. The molecule has 2 aromatic carbocycles. The molecule has 0 fully saturated rings. The number of nitrogens with zero attached hydrogens (tertiary/aromatic N) is 4. The Bertz CT molecular complexity index is 1640. The number of nitrogen functional groups attached to an aromatic ring is 1. The van der Waals surface area contributed by atoms with Crippen LogP contribution in [-0.4, -0.2) is 31.7 Å². The van der Waals surface area contributed by atoms with Gasteiger partial charge in [-0.2, -0.15) is 4.98 Å². The smallest absolute Gasteiger partial charge is 0.263 e. The number of aliphatic hydroxyl groups excluding tert-OH is 1. The van der Waals surface area contributed by atoms with Crippen LogP contribution in [0.3, 0.4) is 0 Å². The van der Waals surface area contributed by atoms with E-state index in [-0.39, 0.29) is 24.2 Å². The zero-order valence-electron chi connectivity index (χ0n) is 20.4. The minimum Gasteiger partial charge on any atom is -0.481 e. The highest BCUT2D eigenvalue weighted by molar-refractivity contribution is 5.96. The number of methoxy groups -OCH3 is 1. The van der Waals surface area contributed by atoms with Gasteiger partial charge in [0.2, 0.25) is 11.8 Å². The lowest BCUT2D eigenvalue weighted by Gasteiger charge is -2.23. The van der Waals surface area contributed by atoms with E-state index in [1.54, 1.807) is 17.9 Å². The average Bonchev–Trinajstić information content (AvgIpc) is 2.93. The number of aliphatic hydroxyl groups is 1. The largest absolute Gasteiger partial charge is 0.481 e. The number of nitrogens with two attached hydrogens (primary N) is 1. The molecule has 0 spiro atoms. The van der Waals surface area contributed by atoms with Crippen LogP contribution in [0.25, 0.3) is 27.6 Å². The highest BCUT2D eigenvalue weighted by Crippen LogP contribution is 2.31. The first-order chi connectivity index (χ1) is 18.0. The van der Waals surface area contributed by atoms with Crippen LogP contribution < -0.4 is 21.3 Å². The van der Waals surface area contributed by atoms with Gasteiger partial charge in [-0.05, 0) is 47.7 Å². The van der Waals surface area contributed by atoms with Gasteiger partial charge in [0.25, 0.3) is 5.56 Å². The Morgan fingerprint density at radius 1 is 1.08 bits per heavy atom. The van der Waals surface area contributed by atoms with Crippen LogP contribution in [0.5, 0.6) is 5.88 Å². The van der Waals surface area contributed by atoms with Crippen molar-refractivity contribution in [2.75, 3.05) is 18.2 Å². The predicted molar refractivity (Wildman–Crippen MR) is 144 cm³/mol. The molecule has 0 aliphatic rings. The molecule has 9 nitrogen and oxygen atoms in total. The van der Waals surface area contributed by atoms with Gasteiger partial charge >= 0.3 is 0 Å². The van der Waals surface area contributed by atoms with Gasteiger partial charge in [-0.15, -0.1) is 0 Å². The van der Waals surface area contributed by atoms with E-state index in [1.807, 2.05) is 73.7 Å². The monoisotopic (exact) mass is 494 g/mol. The van der Waals surface area contributed by atoms with Crippen LogP contribution in [0.4, 0.5) is 11.8 Å². The molecular weight excluding hydrogens is 468 g/mol. The second kappa shape index (κ2) is 10.1. The molecule has 3 heterocycles. The molecule has 3 aromatic heterocycles. The third-order valence-corrected chi connectivity index (χ3v) is 6.20. The number of rotatable bonds is 7. The summed E-state index contributed by atoms with van der Waals surface area (Å²) in [5.41, 5.74) is 9.19. The standard InChI is InChI=1S/C28H26N6O3/c1-17(32-26-20(16-35)15-31-28(29)33-26)23-13-19-7-6-10-22(18-11-12-30-24(14-18)37-2)25(19)27(36)34(23)21-8-4-3-5-9-21/h3-15,17,35H,16H2,1-2H3,(H3,29,31,32,33). The molecule has 5 aromatic rings. The Labute approximate surface area is 213 Å². The lowest BCUT2D eigenvalue weighted by Crippen LogP contribution is -2.26. The van der Waals surface area contributed by atoms with Crippen LogP contribution in [0.2, 0.25) is 0 Å². The van der Waals surface area contributed by atoms with Crippen LogP contribution in [-0.2, 0) is 6.61 Å². The van der Waals surface area contributed by atoms with E-state index in [4.69, 9.17) is 10.5 Å². The number of anilines is 2. The molecule has 0 bridgehead atoms. The van der Waals surface area contributed by atoms with Crippen LogP contribution >= 0.6 is 0 Å². The van der Waals surface area contributed by atoms with E-state index in [0.29, 0.717) is 28.3 Å². The van der Waals surface area contributed by atoms with E-state index in [2.05, 4.69) is 20.3 Å². The highest BCUT2D eigenvalue weighted by atomic mass is 16.5. The van der Waals surface area contributed by atoms with Crippen molar-refractivity contribution in [1.29, 1.82) is 0 Å². The number of pyridine rings is 2. The Morgan fingerprint density at radius 2 is 1.89 bits per heavy atom. The molecule has 1 unspecified atom stereocenters. The maximum absolute atomic E-state index is 14.2. The summed E-state index contributed by atoms with van der Waals surface area (Å²) < 4.78 is 7.01. The van der Waals surface area contributed by atoms with Crippen molar-refractivity contribution < 1.29 is 9.84 Å². The zero-order valence-corrected chi connectivity index (χ0v) is 20.4. The predicted octanol–water partition coefficient (Wildman–Crippen LogP) is 4.10. The van der Waals surface area contributed by atoms with Crippen molar-refractivity contribution in [3.63, 3.8) is 0 Å². The molecule has 0 aliphatic carbocycles. The second-order valence-electron chi connectivity index (χ2n) is 8.53. The lowest BCUT2D eigenvalue weighted by molar-refractivity contribution is 0.281. The molecule has 0 amide bonds. The fraction of sp³-hybridized carbons (Fsp3) is 0.143. The van der Waals surface area contributed by atoms with Gasteiger partial charge in [-0.3, -0.25) is 9.36 Å². The summed E-state index contributed by atoms with van der Waals surface area (Å²) in [5.74, 6) is 0.965. The highest BCUT2D eigenvalue weighted by Gasteiger charge is 2.20. The molecule has 186 valence electrons. The SMILES string of the molecule is COc1cc(-c2cccc3cc(C(C)Nc4nc(N)ncc4CO)n(-c4ccccc4)c(=O)c23)ccn1. The summed E-state index contributed by atoms with van der Waals surface area (Å²) in [6.45, 7) is 1.67. The van der Waals surface area contributed by atoms with Crippen molar-refractivity contribution in [2.24, 2.45) is 0 Å². The van der Waals surface area contributed by atoms with Gasteiger partial charge in [-0.25, -0.2) is 9.97 Å². The number of ether oxygens (including phenoxy) is 1. The van der Waals surface area contributed by atoms with Crippen LogP contribution in [0.15, 0.2) is 83.9 Å². The summed E-state index contributed by atoms with van der Waals surface area (Å²) in [6.07, 6.45) is 3.15. The molecule has 9 heteroatoms. The summed E-state index contributed by atoms with van der Waals surface area (Å²) in [4.78, 5) is 26.6. The summed E-state index contributed by atoms with van der Waals surface area (Å²) >= 11 is 0. The number of nitrogens with one attached hydrogen (secondary N) is 1. The molecule has 1 atom stereocenters. The summed E-state index contributed by atoms with van der Waals surface area (Å²) in [7, 11) is 1.56. The average molecular weight is 495 g/mol. The van der Waals surface area contributed by atoms with Gasteiger partial charge in [-0.1, -0.05) is 36.4 Å². The first-order valence-electron chi connectivity index (χ1n) is 11.7. The Hall–Kier alpha value is -4.76. The number of hydrogen-bond donors (Lipinski definition) is 3. The number of para-hydroxylation sites is 1. The number of hydrogen-bond acceptors (Lipinski definition) is 8. The van der Waals surface area contributed by atoms with E-state index in [1.165, 1.54) is 6.20 Å².